The summed E-state index contributed by atoms with van der Waals surface area (Å²) < 4.78 is 11.0. The Hall–Kier alpha value is -6.20. The molecule has 8 rings (SSSR count). The topological polar surface area (TPSA) is 216 Å². The number of ether oxygens (including phenoxy) is 2. The number of carbonyl (C=O) groups is 8. The van der Waals surface area contributed by atoms with Gasteiger partial charge in [-0.3, -0.25) is 38.6 Å². The van der Waals surface area contributed by atoms with E-state index in [1.54, 1.807) is 65.2 Å². The second-order valence-electron chi connectivity index (χ2n) is 25.6. The number of likely N-dealkylation sites (N-methyl/N-ethyl adjacent to an activating group) is 2. The van der Waals surface area contributed by atoms with Gasteiger partial charge in [0.2, 0.25) is 35.4 Å². The Morgan fingerprint density at radius 1 is 0.512 bits per heavy atom. The molecule has 2 aliphatic heterocycles. The molecule has 4 fully saturated rings. The van der Waals surface area contributed by atoms with Crippen molar-refractivity contribution in [3.05, 3.63) is 58.7 Å². The summed E-state index contributed by atoms with van der Waals surface area (Å²) in [6.45, 7) is 14.6. The van der Waals surface area contributed by atoms with Gasteiger partial charge in [0.25, 0.3) is 0 Å². The van der Waals surface area contributed by atoms with Gasteiger partial charge in [0.05, 0.1) is 12.1 Å². The van der Waals surface area contributed by atoms with Crippen LogP contribution in [-0.2, 0) is 51.1 Å². The number of amides is 8. The third kappa shape index (κ3) is 13.7. The van der Waals surface area contributed by atoms with E-state index in [1.807, 2.05) is 12.1 Å². The Morgan fingerprint density at radius 3 is 1.23 bits per heavy atom. The summed E-state index contributed by atoms with van der Waals surface area (Å²) >= 11 is 0. The SMILES string of the molecule is C[C@@H](C(=O)N[C@H](C(=O)N1CCC[C@H]1C(=O)N[C@@H]1CCc2c(-c3cccc4c3CC[C@H]4NC(=O)[C@@H]3CCCN3C(=O)[C@@H](NC(=O)[C@H](C)N(C)C(=O)OC(C)(C)C)C3CCCCC3)cccc21)C1CCCCC1)N(C)C(=O)OC(C)(C)C. The van der Waals surface area contributed by atoms with Crippen molar-refractivity contribution in [2.75, 3.05) is 27.2 Å². The van der Waals surface area contributed by atoms with Crippen LogP contribution in [0.2, 0.25) is 0 Å². The van der Waals surface area contributed by atoms with Crippen LogP contribution in [0.3, 0.4) is 0 Å². The molecule has 2 heterocycles. The number of rotatable bonds is 15. The maximum absolute atomic E-state index is 14.7. The number of fused-ring (bicyclic) bond motifs is 2. The van der Waals surface area contributed by atoms with E-state index in [9.17, 15) is 38.4 Å². The number of likely N-dealkylation sites (tertiary alicyclic amines) is 2. The van der Waals surface area contributed by atoms with Gasteiger partial charge in [-0.15, -0.1) is 0 Å². The summed E-state index contributed by atoms with van der Waals surface area (Å²) in [6, 6.07) is 7.13. The first-order valence-electron chi connectivity index (χ1n) is 29.9. The van der Waals surface area contributed by atoms with Gasteiger partial charge in [-0.05, 0) is 178 Å². The van der Waals surface area contributed by atoms with Crippen molar-refractivity contribution in [1.82, 2.24) is 40.9 Å². The number of benzene rings is 2. The minimum absolute atomic E-state index is 0.0905. The van der Waals surface area contributed by atoms with Crippen molar-refractivity contribution in [3.63, 3.8) is 0 Å². The lowest BCUT2D eigenvalue weighted by molar-refractivity contribution is -0.143. The molecule has 2 aromatic rings. The van der Waals surface area contributed by atoms with E-state index >= 15 is 0 Å². The number of nitrogens with zero attached hydrogens (tertiary/aromatic N) is 4. The van der Waals surface area contributed by atoms with Gasteiger partial charge in [-0.1, -0.05) is 74.9 Å². The Morgan fingerprint density at radius 2 is 0.875 bits per heavy atom. The highest BCUT2D eigenvalue weighted by Gasteiger charge is 2.45. The Bertz CT molecular complexity index is 2460. The predicted octanol–water partition coefficient (Wildman–Crippen LogP) is 8.18. The number of nitrogens with one attached hydrogen (secondary N) is 4. The lowest BCUT2D eigenvalue weighted by Gasteiger charge is -2.36. The third-order valence-corrected chi connectivity index (χ3v) is 17.8. The highest BCUT2D eigenvalue weighted by Crippen LogP contribution is 2.44. The molecule has 2 aromatic carbocycles. The fourth-order valence-corrected chi connectivity index (χ4v) is 13.2. The van der Waals surface area contributed by atoms with Crippen LogP contribution in [-0.4, -0.2) is 142 Å². The molecule has 4 aliphatic carbocycles. The van der Waals surface area contributed by atoms with Gasteiger partial charge >= 0.3 is 12.2 Å². The first-order valence-corrected chi connectivity index (χ1v) is 29.9. The van der Waals surface area contributed by atoms with E-state index < -0.39 is 71.5 Å². The number of hydrogen-bond acceptors (Lipinski definition) is 10. The van der Waals surface area contributed by atoms with Crippen molar-refractivity contribution in [2.24, 2.45) is 11.8 Å². The van der Waals surface area contributed by atoms with Crippen LogP contribution in [0.25, 0.3) is 11.1 Å². The molecule has 2 saturated heterocycles. The molecule has 0 bridgehead atoms. The van der Waals surface area contributed by atoms with Gasteiger partial charge in [0, 0.05) is 27.2 Å². The Labute approximate surface area is 473 Å². The van der Waals surface area contributed by atoms with Crippen LogP contribution in [0.1, 0.15) is 192 Å². The molecule has 438 valence electrons. The standard InChI is InChI=1S/C62H90N8O10/c1-37(67(9)59(77)79-61(3,4)5)53(71)65-51(39-21-13-11-14-22-39)57(75)69-35-19-29-49(69)55(73)63-47-33-31-43-41(25-17-27-45(43)47)42-26-18-28-46-44(42)32-34-48(46)64-56(74)50-30-20-36-70(50)58(76)52(40-23-15-12-16-24-40)66-54(72)38(2)68(10)60(78)80-62(6,7)8/h17-18,25-28,37-40,47-52H,11-16,19-24,29-36H2,1-10H3,(H,63,73)(H,64,74)(H,65,71)(H,66,72)/t37-,38-,47+,48+,49-,50-,51-,52-/m0/s1. The lowest BCUT2D eigenvalue weighted by Crippen LogP contribution is -2.58. The summed E-state index contributed by atoms with van der Waals surface area (Å²) in [5.74, 6) is -2.01. The molecule has 18 nitrogen and oxygen atoms in total. The summed E-state index contributed by atoms with van der Waals surface area (Å²) in [7, 11) is 3.03. The van der Waals surface area contributed by atoms with Crippen molar-refractivity contribution < 1.29 is 47.8 Å². The largest absolute Gasteiger partial charge is 0.444 e. The molecule has 0 radical (unpaired) electrons. The first-order chi connectivity index (χ1) is 37.9. The van der Waals surface area contributed by atoms with E-state index in [0.717, 1.165) is 110 Å². The van der Waals surface area contributed by atoms with Crippen LogP contribution < -0.4 is 21.3 Å². The fourth-order valence-electron chi connectivity index (χ4n) is 13.2. The molecular weight excluding hydrogens is 1020 g/mol. The lowest BCUT2D eigenvalue weighted by atomic mass is 9.83. The van der Waals surface area contributed by atoms with Crippen molar-refractivity contribution in [1.29, 1.82) is 0 Å². The second-order valence-corrected chi connectivity index (χ2v) is 25.6. The summed E-state index contributed by atoms with van der Waals surface area (Å²) in [6.07, 6.45) is 13.0. The molecule has 0 aromatic heterocycles. The number of hydrogen-bond donors (Lipinski definition) is 4. The average molecular weight is 1110 g/mol. The summed E-state index contributed by atoms with van der Waals surface area (Å²) in [5, 5.41) is 12.8. The van der Waals surface area contributed by atoms with Crippen LogP contribution >= 0.6 is 0 Å². The molecule has 0 unspecified atom stereocenters. The zero-order chi connectivity index (χ0) is 57.8. The van der Waals surface area contributed by atoms with Gasteiger partial charge in [0.15, 0.2) is 0 Å². The minimum Gasteiger partial charge on any atom is -0.444 e. The molecule has 80 heavy (non-hydrogen) atoms. The quantitative estimate of drug-likeness (QED) is 0.134. The van der Waals surface area contributed by atoms with Crippen molar-refractivity contribution in [2.45, 2.75) is 231 Å². The first kappa shape index (κ1) is 59.9. The zero-order valence-electron chi connectivity index (χ0n) is 49.3. The molecule has 4 N–H and O–H groups in total. The third-order valence-electron chi connectivity index (χ3n) is 17.8. The molecule has 0 spiro atoms. The van der Waals surface area contributed by atoms with Gasteiger partial charge in [-0.25, -0.2) is 9.59 Å². The van der Waals surface area contributed by atoms with Crippen LogP contribution in [0.5, 0.6) is 0 Å². The second kappa shape index (κ2) is 25.3. The molecule has 8 atom stereocenters. The molecule has 18 heteroatoms. The Balaban J connectivity index is 0.926. The molecule has 2 saturated carbocycles. The van der Waals surface area contributed by atoms with Crippen molar-refractivity contribution in [3.8, 4) is 11.1 Å². The molecule has 8 amide bonds. The smallest absolute Gasteiger partial charge is 0.410 e. The Kier molecular flexibility index (Phi) is 18.9. The van der Waals surface area contributed by atoms with Crippen LogP contribution in [0.15, 0.2) is 36.4 Å². The highest BCUT2D eigenvalue weighted by molar-refractivity contribution is 5.96. The predicted molar refractivity (Wildman–Crippen MR) is 304 cm³/mol. The fraction of sp³-hybridized carbons (Fsp3) is 0.677. The minimum atomic E-state index is -0.896. The van der Waals surface area contributed by atoms with Crippen LogP contribution in [0, 0.1) is 11.8 Å². The maximum atomic E-state index is 14.7. The monoisotopic (exact) mass is 1110 g/mol. The average Bonchev–Trinajstić information content (AvgIpc) is 4.32. The highest BCUT2D eigenvalue weighted by atomic mass is 16.6. The van der Waals surface area contributed by atoms with E-state index in [0.29, 0.717) is 51.6 Å². The van der Waals surface area contributed by atoms with Gasteiger partial charge in [-0.2, -0.15) is 0 Å². The number of carbonyl (C=O) groups excluding carboxylic acids is 8. The van der Waals surface area contributed by atoms with Crippen molar-refractivity contribution >= 4 is 47.6 Å². The molecular formula is C62H90N8O10. The van der Waals surface area contributed by atoms with Gasteiger partial charge < -0.3 is 40.5 Å². The summed E-state index contributed by atoms with van der Waals surface area (Å²) in [4.78, 5) is 117. The maximum Gasteiger partial charge on any atom is 0.410 e. The molecule has 6 aliphatic rings. The van der Waals surface area contributed by atoms with E-state index in [1.165, 1.54) is 23.9 Å². The van der Waals surface area contributed by atoms with E-state index in [2.05, 4.69) is 45.5 Å². The zero-order valence-corrected chi connectivity index (χ0v) is 49.3. The van der Waals surface area contributed by atoms with E-state index in [-0.39, 0.29) is 47.5 Å². The normalized spacial score (nSPS) is 22.9. The van der Waals surface area contributed by atoms with E-state index in [4.69, 9.17) is 9.47 Å². The van der Waals surface area contributed by atoms with Gasteiger partial charge in [0.1, 0.15) is 47.5 Å². The summed E-state index contributed by atoms with van der Waals surface area (Å²) in [5.41, 5.74) is 5.11. The van der Waals surface area contributed by atoms with Crippen LogP contribution in [0.4, 0.5) is 9.59 Å².